The molecule has 2 aliphatic heterocycles. The summed E-state index contributed by atoms with van der Waals surface area (Å²) in [5, 5.41) is 1.22. The zero-order valence-corrected chi connectivity index (χ0v) is 18.4. The molecule has 0 N–H and O–H groups in total. The van der Waals surface area contributed by atoms with Gasteiger partial charge in [-0.25, -0.2) is 9.97 Å². The zero-order valence-electron chi connectivity index (χ0n) is 17.6. The van der Waals surface area contributed by atoms with Crippen LogP contribution in [0.25, 0.3) is 10.2 Å². The highest BCUT2D eigenvalue weighted by Gasteiger charge is 2.34. The Morgan fingerprint density at radius 3 is 2.55 bits per heavy atom. The molecule has 5 rings (SSSR count). The van der Waals surface area contributed by atoms with Crippen molar-refractivity contribution in [1.29, 1.82) is 0 Å². The Hall–Kier alpha value is -1.73. The maximum atomic E-state index is 12.6. The van der Waals surface area contributed by atoms with Crippen LogP contribution in [0.2, 0.25) is 0 Å². The smallest absolute Gasteiger partial charge is 0.225 e. The van der Waals surface area contributed by atoms with Crippen molar-refractivity contribution in [2.45, 2.75) is 52.5 Å². The summed E-state index contributed by atoms with van der Waals surface area (Å²) in [6.45, 7) is 11.0. The van der Waals surface area contributed by atoms with Crippen molar-refractivity contribution >= 4 is 33.3 Å². The van der Waals surface area contributed by atoms with E-state index in [1.807, 2.05) is 0 Å². The van der Waals surface area contributed by atoms with Gasteiger partial charge in [0.05, 0.1) is 11.9 Å². The van der Waals surface area contributed by atoms with Crippen molar-refractivity contribution in [1.82, 2.24) is 19.8 Å². The zero-order chi connectivity index (χ0) is 20.0. The normalized spacial score (nSPS) is 21.2. The van der Waals surface area contributed by atoms with E-state index in [0.717, 1.165) is 81.5 Å². The molecule has 6 nitrogen and oxygen atoms in total. The number of rotatable bonds is 4. The first-order valence-electron chi connectivity index (χ1n) is 11.1. The Kier molecular flexibility index (Phi) is 5.20. The first-order valence-corrected chi connectivity index (χ1v) is 11.9. The molecule has 1 saturated carbocycles. The molecule has 1 aliphatic carbocycles. The summed E-state index contributed by atoms with van der Waals surface area (Å²) >= 11 is 1.79. The monoisotopic (exact) mass is 413 g/mol. The van der Waals surface area contributed by atoms with E-state index >= 15 is 0 Å². The predicted molar refractivity (Wildman–Crippen MR) is 118 cm³/mol. The summed E-state index contributed by atoms with van der Waals surface area (Å²) in [6, 6.07) is 0. The standard InChI is InChI=1S/C22H31N5OS/c1-15-16(2)29-21-19(15)20(23-18(24-21)14-25-8-3-4-9-25)26-10-5-11-27(13-12-26)22(28)17-6-7-17/h17H,3-14H2,1-2H3. The number of aromatic nitrogens is 2. The minimum absolute atomic E-state index is 0.307. The van der Waals surface area contributed by atoms with E-state index in [0.29, 0.717) is 11.8 Å². The Labute approximate surface area is 176 Å². The van der Waals surface area contributed by atoms with Crippen LogP contribution in [0.3, 0.4) is 0 Å². The third-order valence-electron chi connectivity index (χ3n) is 6.65. The van der Waals surface area contributed by atoms with Crippen molar-refractivity contribution in [3.63, 3.8) is 0 Å². The largest absolute Gasteiger partial charge is 0.354 e. The van der Waals surface area contributed by atoms with Crippen LogP contribution in [0, 0.1) is 19.8 Å². The first-order chi connectivity index (χ1) is 14.1. The van der Waals surface area contributed by atoms with E-state index in [4.69, 9.17) is 9.97 Å². The van der Waals surface area contributed by atoms with Crippen molar-refractivity contribution in [3.05, 3.63) is 16.3 Å². The van der Waals surface area contributed by atoms with Crippen LogP contribution >= 0.6 is 11.3 Å². The number of aryl methyl sites for hydroxylation is 2. The number of carbonyl (C=O) groups excluding carboxylic acids is 1. The quantitative estimate of drug-likeness (QED) is 0.769. The number of amides is 1. The van der Waals surface area contributed by atoms with Crippen molar-refractivity contribution in [2.24, 2.45) is 5.92 Å². The van der Waals surface area contributed by atoms with Gasteiger partial charge in [-0.1, -0.05) is 0 Å². The SMILES string of the molecule is Cc1sc2nc(CN3CCCC3)nc(N3CCCN(C(=O)C4CC4)CC3)c2c1C. The van der Waals surface area contributed by atoms with Gasteiger partial charge in [-0.3, -0.25) is 9.69 Å². The van der Waals surface area contributed by atoms with Crippen molar-refractivity contribution in [3.8, 4) is 0 Å². The molecule has 29 heavy (non-hydrogen) atoms. The van der Waals surface area contributed by atoms with Crippen molar-refractivity contribution in [2.75, 3.05) is 44.2 Å². The van der Waals surface area contributed by atoms with Crippen LogP contribution in [0.15, 0.2) is 0 Å². The molecule has 3 fully saturated rings. The fraction of sp³-hybridized carbons (Fsp3) is 0.682. The van der Waals surface area contributed by atoms with E-state index in [2.05, 4.69) is 28.5 Å². The van der Waals surface area contributed by atoms with Gasteiger partial charge >= 0.3 is 0 Å². The number of nitrogens with zero attached hydrogens (tertiary/aromatic N) is 5. The van der Waals surface area contributed by atoms with Crippen LogP contribution in [-0.4, -0.2) is 64.9 Å². The highest BCUT2D eigenvalue weighted by Crippen LogP contribution is 2.36. The van der Waals surface area contributed by atoms with Crippen LogP contribution < -0.4 is 4.90 Å². The van der Waals surface area contributed by atoms with Gasteiger partial charge in [-0.2, -0.15) is 0 Å². The lowest BCUT2D eigenvalue weighted by atomic mass is 10.2. The van der Waals surface area contributed by atoms with Crippen molar-refractivity contribution < 1.29 is 4.79 Å². The fourth-order valence-corrected chi connectivity index (χ4v) is 5.69. The molecule has 0 spiro atoms. The lowest BCUT2D eigenvalue weighted by Crippen LogP contribution is -2.36. The summed E-state index contributed by atoms with van der Waals surface area (Å²) in [5.74, 6) is 2.72. The third kappa shape index (κ3) is 3.87. The second kappa shape index (κ2) is 7.84. The van der Waals surface area contributed by atoms with E-state index in [1.165, 1.54) is 28.7 Å². The molecule has 2 saturated heterocycles. The maximum absolute atomic E-state index is 12.6. The molecule has 0 unspecified atom stereocenters. The van der Waals surface area contributed by atoms with Crippen LogP contribution in [0.5, 0.6) is 0 Å². The average Bonchev–Trinajstić information content (AvgIpc) is 3.43. The van der Waals surface area contributed by atoms with Gasteiger partial charge in [0.15, 0.2) is 0 Å². The van der Waals surface area contributed by atoms with Crippen LogP contribution in [0.4, 0.5) is 5.82 Å². The minimum Gasteiger partial charge on any atom is -0.354 e. The highest BCUT2D eigenvalue weighted by atomic mass is 32.1. The number of hydrogen-bond donors (Lipinski definition) is 0. The molecule has 1 amide bonds. The second-order valence-electron chi connectivity index (χ2n) is 8.85. The van der Waals surface area contributed by atoms with Gasteiger partial charge in [0.1, 0.15) is 16.5 Å². The first kappa shape index (κ1) is 19.2. The van der Waals surface area contributed by atoms with Crippen LogP contribution in [0.1, 0.15) is 48.4 Å². The number of carbonyl (C=O) groups is 1. The number of anilines is 1. The molecule has 0 radical (unpaired) electrons. The maximum Gasteiger partial charge on any atom is 0.225 e. The summed E-state index contributed by atoms with van der Waals surface area (Å²) < 4.78 is 0. The van der Waals surface area contributed by atoms with E-state index in [-0.39, 0.29) is 0 Å². The molecule has 2 aromatic rings. The van der Waals surface area contributed by atoms with Gasteiger partial charge in [-0.05, 0) is 64.6 Å². The predicted octanol–water partition coefficient (Wildman–Crippen LogP) is 3.35. The molecular weight excluding hydrogens is 382 g/mol. The average molecular weight is 414 g/mol. The molecule has 0 atom stereocenters. The number of fused-ring (bicyclic) bond motifs is 1. The number of likely N-dealkylation sites (tertiary alicyclic amines) is 1. The van der Waals surface area contributed by atoms with E-state index in [9.17, 15) is 4.79 Å². The minimum atomic E-state index is 0.307. The Morgan fingerprint density at radius 1 is 1.00 bits per heavy atom. The summed E-state index contributed by atoms with van der Waals surface area (Å²) in [5.41, 5.74) is 1.31. The lowest BCUT2D eigenvalue weighted by molar-refractivity contribution is -0.132. The Balaban J connectivity index is 1.44. The van der Waals surface area contributed by atoms with E-state index < -0.39 is 0 Å². The van der Waals surface area contributed by atoms with Crippen LogP contribution in [-0.2, 0) is 11.3 Å². The van der Waals surface area contributed by atoms with Gasteiger partial charge in [0.25, 0.3) is 0 Å². The number of hydrogen-bond acceptors (Lipinski definition) is 6. The summed E-state index contributed by atoms with van der Waals surface area (Å²) in [7, 11) is 0. The van der Waals surface area contributed by atoms with Gasteiger partial charge in [0, 0.05) is 37.0 Å². The fourth-order valence-electron chi connectivity index (χ4n) is 4.65. The molecular formula is C22H31N5OS. The molecule has 0 bridgehead atoms. The molecule has 4 heterocycles. The van der Waals surface area contributed by atoms with Gasteiger partial charge in [0.2, 0.25) is 5.91 Å². The van der Waals surface area contributed by atoms with E-state index in [1.54, 1.807) is 11.3 Å². The molecule has 0 aromatic carbocycles. The topological polar surface area (TPSA) is 52.6 Å². The van der Waals surface area contributed by atoms with Gasteiger partial charge < -0.3 is 9.80 Å². The van der Waals surface area contributed by atoms with Gasteiger partial charge in [-0.15, -0.1) is 11.3 Å². The highest BCUT2D eigenvalue weighted by molar-refractivity contribution is 7.18. The molecule has 2 aromatic heterocycles. The number of thiophene rings is 1. The third-order valence-corrected chi connectivity index (χ3v) is 7.75. The Bertz CT molecular complexity index is 916. The summed E-state index contributed by atoms with van der Waals surface area (Å²) in [6.07, 6.45) is 5.73. The molecule has 7 heteroatoms. The Morgan fingerprint density at radius 2 is 1.79 bits per heavy atom. The lowest BCUT2D eigenvalue weighted by Gasteiger charge is -2.24. The summed E-state index contributed by atoms with van der Waals surface area (Å²) in [4.78, 5) is 32.0. The second-order valence-corrected chi connectivity index (χ2v) is 10.1. The molecule has 3 aliphatic rings. The molecule has 156 valence electrons.